The Morgan fingerprint density at radius 2 is 1.59 bits per heavy atom. The van der Waals surface area contributed by atoms with Crippen molar-refractivity contribution in [2.75, 3.05) is 13.2 Å². The summed E-state index contributed by atoms with van der Waals surface area (Å²) in [7, 11) is -17.1. The molecular formula is C15H25N2O19P3. The van der Waals surface area contributed by atoms with Crippen LogP contribution in [0.25, 0.3) is 0 Å². The number of nitrogens with zero attached hydrogens (tertiary/aromatic N) is 1. The van der Waals surface area contributed by atoms with E-state index in [-0.39, 0.29) is 5.56 Å². The van der Waals surface area contributed by atoms with Gasteiger partial charge in [-0.15, -0.1) is 0 Å². The van der Waals surface area contributed by atoms with E-state index in [4.69, 9.17) is 24.0 Å². The first kappa shape index (κ1) is 32.3. The van der Waals surface area contributed by atoms with Crippen molar-refractivity contribution in [3.05, 3.63) is 32.6 Å². The van der Waals surface area contributed by atoms with Crippen molar-refractivity contribution >= 4 is 23.5 Å². The standard InChI is InChI=1S/C15H25N2O19P3/c1-5-2-17(15(23)16-12(5)22)13-11(34-14-10(21)8(19)6(3-18)33-14)9(20)7(32-13)4-31-38(27,28)36-39(29,30)35-37(24,25)26/h2,6-11,13-14,18-21H,3-4H2,1H3,(H,27,28)(H,29,30)(H,16,22,23)(H2,24,25,26)/t6-,7-,8-,9-,10-,11-,13-,14+/m1/s1. The summed E-state index contributed by atoms with van der Waals surface area (Å²) in [6.07, 6.45) is -12.3. The summed E-state index contributed by atoms with van der Waals surface area (Å²) in [5.74, 6) is 0. The highest BCUT2D eigenvalue weighted by molar-refractivity contribution is 7.66. The lowest BCUT2D eigenvalue weighted by atomic mass is 10.1. The molecule has 0 spiro atoms. The number of aromatic amines is 1. The monoisotopic (exact) mass is 630 g/mol. The Labute approximate surface area is 216 Å². The molecule has 224 valence electrons. The molecule has 24 heteroatoms. The van der Waals surface area contributed by atoms with Crippen LogP contribution in [0.1, 0.15) is 11.8 Å². The molecule has 0 radical (unpaired) electrons. The zero-order chi connectivity index (χ0) is 29.5. The van der Waals surface area contributed by atoms with Crippen LogP contribution < -0.4 is 11.2 Å². The number of aliphatic hydroxyl groups excluding tert-OH is 4. The van der Waals surface area contributed by atoms with Crippen LogP contribution in [-0.2, 0) is 41.1 Å². The summed E-state index contributed by atoms with van der Waals surface area (Å²) in [4.78, 5) is 62.3. The van der Waals surface area contributed by atoms with Gasteiger partial charge in [0.05, 0.1) is 13.2 Å². The van der Waals surface area contributed by atoms with E-state index in [1.54, 1.807) is 0 Å². The molecule has 2 unspecified atom stereocenters. The lowest BCUT2D eigenvalue weighted by molar-refractivity contribution is -0.220. The van der Waals surface area contributed by atoms with Gasteiger partial charge in [0.25, 0.3) is 5.56 Å². The predicted octanol–water partition coefficient (Wildman–Crippen LogP) is -3.73. The fourth-order valence-corrected chi connectivity index (χ4v) is 6.64. The third-order valence-electron chi connectivity index (χ3n) is 5.34. The molecule has 3 heterocycles. The average Bonchev–Trinajstić information content (AvgIpc) is 3.23. The number of nitrogens with one attached hydrogen (secondary N) is 1. The number of rotatable bonds is 11. The molecule has 1 aromatic rings. The Balaban J connectivity index is 1.83. The maximum atomic E-state index is 12.4. The third-order valence-corrected chi connectivity index (χ3v) is 9.14. The van der Waals surface area contributed by atoms with Gasteiger partial charge < -0.3 is 54.2 Å². The number of hydrogen-bond acceptors (Lipinski definition) is 15. The van der Waals surface area contributed by atoms with Gasteiger partial charge in [-0.05, 0) is 6.92 Å². The zero-order valence-electron chi connectivity index (χ0n) is 19.5. The molecule has 10 atom stereocenters. The summed E-state index contributed by atoms with van der Waals surface area (Å²) >= 11 is 0. The molecule has 21 nitrogen and oxygen atoms in total. The number of phosphoric ester groups is 1. The van der Waals surface area contributed by atoms with Crippen LogP contribution in [0.5, 0.6) is 0 Å². The zero-order valence-corrected chi connectivity index (χ0v) is 22.2. The maximum Gasteiger partial charge on any atom is 0.490 e. The number of ether oxygens (including phenoxy) is 3. The molecule has 39 heavy (non-hydrogen) atoms. The average molecular weight is 630 g/mol. The van der Waals surface area contributed by atoms with E-state index in [0.717, 1.165) is 10.8 Å². The molecule has 0 aliphatic carbocycles. The van der Waals surface area contributed by atoms with Crippen molar-refractivity contribution in [1.82, 2.24) is 9.55 Å². The SMILES string of the molecule is Cc1cn([C@@H]2O[C@H](COP(=O)(O)OP(=O)(O)OP(=O)(O)O)[C@@H](O)[C@H]2O[C@@H]2O[C@H](CO)[C@@H](O)[C@H]2O)c(=O)[nH]c1=O. The van der Waals surface area contributed by atoms with Crippen molar-refractivity contribution in [3.63, 3.8) is 0 Å². The Bertz CT molecular complexity index is 1290. The van der Waals surface area contributed by atoms with Gasteiger partial charge >= 0.3 is 29.2 Å². The topological polar surface area (TPSA) is 323 Å². The highest BCUT2D eigenvalue weighted by atomic mass is 31.3. The van der Waals surface area contributed by atoms with Crippen LogP contribution in [0.4, 0.5) is 0 Å². The van der Waals surface area contributed by atoms with Crippen molar-refractivity contribution in [2.24, 2.45) is 0 Å². The van der Waals surface area contributed by atoms with Gasteiger partial charge in [0.2, 0.25) is 0 Å². The number of aryl methyl sites for hydroxylation is 1. The largest absolute Gasteiger partial charge is 0.490 e. The highest BCUT2D eigenvalue weighted by Crippen LogP contribution is 2.66. The molecule has 2 aliphatic rings. The van der Waals surface area contributed by atoms with Crippen LogP contribution in [0.2, 0.25) is 0 Å². The summed E-state index contributed by atoms with van der Waals surface area (Å²) in [5.41, 5.74) is -1.83. The number of aliphatic hydroxyl groups is 4. The van der Waals surface area contributed by atoms with Crippen LogP contribution in [-0.4, -0.2) is 106 Å². The van der Waals surface area contributed by atoms with Gasteiger partial charge in [0.15, 0.2) is 12.5 Å². The summed E-state index contributed by atoms with van der Waals surface area (Å²) < 4.78 is 62.9. The Morgan fingerprint density at radius 3 is 2.15 bits per heavy atom. The van der Waals surface area contributed by atoms with Gasteiger partial charge in [-0.2, -0.15) is 8.62 Å². The van der Waals surface area contributed by atoms with Gasteiger partial charge in [-0.1, -0.05) is 0 Å². The van der Waals surface area contributed by atoms with E-state index in [0.29, 0.717) is 0 Å². The fraction of sp³-hybridized carbons (Fsp3) is 0.733. The van der Waals surface area contributed by atoms with Gasteiger partial charge in [-0.3, -0.25) is 18.9 Å². The Hall–Kier alpha value is -1.19. The van der Waals surface area contributed by atoms with E-state index in [1.807, 2.05) is 4.98 Å². The van der Waals surface area contributed by atoms with Crippen molar-refractivity contribution in [1.29, 1.82) is 0 Å². The van der Waals surface area contributed by atoms with Gasteiger partial charge in [0.1, 0.15) is 36.6 Å². The molecule has 0 aromatic carbocycles. The molecular weight excluding hydrogens is 605 g/mol. The van der Waals surface area contributed by atoms with Gasteiger partial charge in [0, 0.05) is 11.8 Å². The second-order valence-corrected chi connectivity index (χ2v) is 12.6. The molecule has 2 saturated heterocycles. The maximum absolute atomic E-state index is 12.4. The smallest absolute Gasteiger partial charge is 0.394 e. The van der Waals surface area contributed by atoms with Crippen molar-refractivity contribution in [2.45, 2.75) is 56.1 Å². The minimum atomic E-state index is -5.84. The van der Waals surface area contributed by atoms with E-state index in [9.17, 15) is 53.5 Å². The Kier molecular flexibility index (Phi) is 9.92. The van der Waals surface area contributed by atoms with E-state index >= 15 is 0 Å². The number of hydrogen-bond donors (Lipinski definition) is 9. The fourth-order valence-electron chi connectivity index (χ4n) is 3.61. The molecule has 2 fully saturated rings. The molecule has 0 bridgehead atoms. The van der Waals surface area contributed by atoms with Gasteiger partial charge in [-0.25, -0.2) is 18.5 Å². The first-order valence-corrected chi connectivity index (χ1v) is 15.1. The van der Waals surface area contributed by atoms with Crippen molar-refractivity contribution in [3.8, 4) is 0 Å². The quantitative estimate of drug-likeness (QED) is 0.106. The lowest BCUT2D eigenvalue weighted by Gasteiger charge is -2.26. The molecule has 3 rings (SSSR count). The minimum Gasteiger partial charge on any atom is -0.394 e. The summed E-state index contributed by atoms with van der Waals surface area (Å²) in [6.45, 7) is -0.560. The number of H-pyrrole nitrogens is 1. The summed E-state index contributed by atoms with van der Waals surface area (Å²) in [6, 6.07) is 0. The highest BCUT2D eigenvalue weighted by Gasteiger charge is 2.52. The van der Waals surface area contributed by atoms with E-state index in [1.165, 1.54) is 6.92 Å². The minimum absolute atomic E-state index is 0.00364. The number of aromatic nitrogens is 2. The van der Waals surface area contributed by atoms with Crippen LogP contribution in [0, 0.1) is 6.92 Å². The van der Waals surface area contributed by atoms with E-state index in [2.05, 4.69) is 13.1 Å². The lowest BCUT2D eigenvalue weighted by Crippen LogP contribution is -2.44. The molecule has 2 aliphatic heterocycles. The second kappa shape index (κ2) is 12.0. The van der Waals surface area contributed by atoms with Crippen LogP contribution in [0.3, 0.4) is 0 Å². The molecule has 1 aromatic heterocycles. The number of phosphoric acid groups is 3. The first-order valence-electron chi connectivity index (χ1n) is 10.6. The van der Waals surface area contributed by atoms with E-state index < -0.39 is 97.1 Å². The Morgan fingerprint density at radius 1 is 0.949 bits per heavy atom. The predicted molar refractivity (Wildman–Crippen MR) is 118 cm³/mol. The molecule has 0 amide bonds. The first-order chi connectivity index (χ1) is 17.8. The second-order valence-electron chi connectivity index (χ2n) is 8.23. The molecule has 0 saturated carbocycles. The van der Waals surface area contributed by atoms with Crippen molar-refractivity contribution < 1.29 is 81.1 Å². The van der Waals surface area contributed by atoms with Crippen LogP contribution >= 0.6 is 23.5 Å². The third kappa shape index (κ3) is 7.97. The summed E-state index contributed by atoms with van der Waals surface area (Å²) in [5, 5.41) is 40.2. The van der Waals surface area contributed by atoms with Crippen LogP contribution in [0.15, 0.2) is 15.8 Å². The molecule has 9 N–H and O–H groups in total. The normalized spacial score (nSPS) is 34.6.